The first-order valence-corrected chi connectivity index (χ1v) is 10.6. The van der Waals surface area contributed by atoms with Crippen molar-refractivity contribution in [1.29, 1.82) is 0 Å². The lowest BCUT2D eigenvalue weighted by Gasteiger charge is -2.39. The van der Waals surface area contributed by atoms with Gasteiger partial charge in [0.05, 0.1) is 12.2 Å². The van der Waals surface area contributed by atoms with Crippen LogP contribution >= 0.6 is 0 Å². The van der Waals surface area contributed by atoms with Crippen molar-refractivity contribution in [1.82, 2.24) is 0 Å². The molecule has 1 spiro atoms. The fourth-order valence-corrected chi connectivity index (χ4v) is 9.90. The van der Waals surface area contributed by atoms with Gasteiger partial charge in [-0.1, -0.05) is 24.3 Å². The summed E-state index contributed by atoms with van der Waals surface area (Å²) < 4.78 is 7.01. The molecule has 1 nitrogen and oxygen atoms in total. The second-order valence-electron chi connectivity index (χ2n) is 10.4. The summed E-state index contributed by atoms with van der Waals surface area (Å²) in [6.07, 6.45) is 10.2. The van der Waals surface area contributed by atoms with Gasteiger partial charge in [0.15, 0.2) is 0 Å². The van der Waals surface area contributed by atoms with Crippen LogP contribution in [0.3, 0.4) is 0 Å². The van der Waals surface area contributed by atoms with E-state index in [9.17, 15) is 0 Å². The second kappa shape index (κ2) is 3.65. The lowest BCUT2D eigenvalue weighted by molar-refractivity contribution is -0.0324. The molecule has 1 saturated heterocycles. The quantitative estimate of drug-likeness (QED) is 0.673. The topological polar surface area (TPSA) is 9.23 Å². The van der Waals surface area contributed by atoms with Crippen molar-refractivity contribution in [3.63, 3.8) is 0 Å². The van der Waals surface area contributed by atoms with E-state index in [1.807, 2.05) is 0 Å². The molecule has 0 amide bonds. The average molecular weight is 318 g/mol. The van der Waals surface area contributed by atoms with Gasteiger partial charge in [0.2, 0.25) is 0 Å². The van der Waals surface area contributed by atoms with Crippen LogP contribution in [0.4, 0.5) is 0 Å². The van der Waals surface area contributed by atoms with Crippen molar-refractivity contribution < 1.29 is 4.74 Å². The molecule has 8 rings (SSSR count). The molecule has 11 atom stereocenters. The second-order valence-corrected chi connectivity index (χ2v) is 10.4. The molecule has 5 saturated carbocycles. The number of fused-ring (bicyclic) bond motifs is 13. The molecule has 0 N–H and O–H groups in total. The zero-order chi connectivity index (χ0) is 15.2. The molecule has 1 heteroatoms. The molecular weight excluding hydrogens is 292 g/mol. The Morgan fingerprint density at radius 1 is 0.792 bits per heavy atom. The van der Waals surface area contributed by atoms with Gasteiger partial charge in [-0.25, -0.2) is 0 Å². The SMILES string of the molecule is c1ccc2c(c1)[C@@H]1O[C@@H](C3C1[C@H]1CC[C@@H]3C1)C21C2C1[C@H]1CC[C@@H]2C1. The molecule has 1 aromatic rings. The van der Waals surface area contributed by atoms with E-state index in [0.29, 0.717) is 17.6 Å². The van der Waals surface area contributed by atoms with E-state index in [1.54, 1.807) is 17.5 Å². The molecule has 1 heterocycles. The summed E-state index contributed by atoms with van der Waals surface area (Å²) in [4.78, 5) is 0. The summed E-state index contributed by atoms with van der Waals surface area (Å²) in [5.74, 6) is 7.80. The first-order valence-electron chi connectivity index (χ1n) is 10.6. The molecule has 6 fully saturated rings. The van der Waals surface area contributed by atoms with Crippen LogP contribution in [0.1, 0.15) is 55.8 Å². The van der Waals surface area contributed by atoms with E-state index in [-0.39, 0.29) is 0 Å². The lowest BCUT2D eigenvalue weighted by atomic mass is 9.71. The van der Waals surface area contributed by atoms with E-state index >= 15 is 0 Å². The van der Waals surface area contributed by atoms with Crippen LogP contribution in [-0.4, -0.2) is 6.10 Å². The molecule has 24 heavy (non-hydrogen) atoms. The van der Waals surface area contributed by atoms with Gasteiger partial charge in [-0.2, -0.15) is 0 Å². The Morgan fingerprint density at radius 3 is 2.29 bits per heavy atom. The molecule has 1 aromatic carbocycles. The predicted octanol–water partition coefficient (Wildman–Crippen LogP) is 4.72. The zero-order valence-corrected chi connectivity index (χ0v) is 14.2. The van der Waals surface area contributed by atoms with E-state index in [2.05, 4.69) is 24.3 Å². The standard InChI is InChI=1S/C23H26O/c1-2-4-16-15(3-1)21-17-11-5-6-12(9-11)18(17)22(24-21)23(16)19-13-7-8-14(10-13)20(19)23/h1-4,11-14,17-22H,5-10H2/t11-,12+,13-,14+,17?,18?,19?,20?,21-,22-,23?/m0/s1. The minimum absolute atomic E-state index is 0.455. The highest BCUT2D eigenvalue weighted by atomic mass is 16.5. The third-order valence-electron chi connectivity index (χ3n) is 10.2. The van der Waals surface area contributed by atoms with E-state index in [0.717, 1.165) is 47.3 Å². The lowest BCUT2D eigenvalue weighted by Crippen LogP contribution is -2.41. The average Bonchev–Trinajstić information content (AvgIpc) is 3.25. The van der Waals surface area contributed by atoms with E-state index in [1.165, 1.54) is 32.1 Å². The molecule has 0 radical (unpaired) electrons. The third kappa shape index (κ3) is 1.06. The third-order valence-corrected chi connectivity index (χ3v) is 10.2. The highest BCUT2D eigenvalue weighted by molar-refractivity contribution is 5.52. The summed E-state index contributed by atoms with van der Waals surface area (Å²) >= 11 is 0. The van der Waals surface area contributed by atoms with Crippen LogP contribution in [0.5, 0.6) is 0 Å². The van der Waals surface area contributed by atoms with Gasteiger partial charge in [-0.05, 0) is 97.0 Å². The van der Waals surface area contributed by atoms with Gasteiger partial charge < -0.3 is 4.74 Å². The predicted molar refractivity (Wildman–Crippen MR) is 91.4 cm³/mol. The minimum Gasteiger partial charge on any atom is -0.369 e. The summed E-state index contributed by atoms with van der Waals surface area (Å²) in [6, 6.07) is 9.58. The number of rotatable bonds is 0. The number of ether oxygens (including phenoxy) is 1. The monoisotopic (exact) mass is 318 g/mol. The van der Waals surface area contributed by atoms with Gasteiger partial charge >= 0.3 is 0 Å². The van der Waals surface area contributed by atoms with Crippen molar-refractivity contribution in [3.8, 4) is 0 Å². The van der Waals surface area contributed by atoms with Crippen molar-refractivity contribution in [2.24, 2.45) is 47.3 Å². The Labute approximate surface area is 144 Å². The van der Waals surface area contributed by atoms with Crippen LogP contribution in [0, 0.1) is 47.3 Å². The van der Waals surface area contributed by atoms with Crippen LogP contribution in [0.2, 0.25) is 0 Å². The van der Waals surface area contributed by atoms with Gasteiger partial charge in [0.1, 0.15) is 0 Å². The summed E-state index contributed by atoms with van der Waals surface area (Å²) in [5, 5.41) is 0. The number of hydrogen-bond donors (Lipinski definition) is 0. The van der Waals surface area contributed by atoms with Crippen molar-refractivity contribution in [2.45, 2.75) is 56.1 Å². The molecule has 0 aromatic heterocycles. The molecule has 6 aliphatic carbocycles. The molecular formula is C23H26O. The highest BCUT2D eigenvalue weighted by Gasteiger charge is 2.82. The summed E-state index contributed by atoms with van der Waals surface area (Å²) in [6.45, 7) is 0. The minimum atomic E-state index is 0.455. The van der Waals surface area contributed by atoms with Gasteiger partial charge in [-0.3, -0.25) is 0 Å². The van der Waals surface area contributed by atoms with Crippen LogP contribution in [-0.2, 0) is 10.2 Å². The first kappa shape index (κ1) is 12.5. The smallest absolute Gasteiger partial charge is 0.0866 e. The molecule has 124 valence electrons. The summed E-state index contributed by atoms with van der Waals surface area (Å²) in [7, 11) is 0. The van der Waals surface area contributed by atoms with E-state index in [4.69, 9.17) is 4.74 Å². The van der Waals surface area contributed by atoms with Crippen molar-refractivity contribution in [3.05, 3.63) is 35.4 Å². The Bertz CT molecular complexity index is 751. The van der Waals surface area contributed by atoms with Gasteiger partial charge in [0, 0.05) is 5.41 Å². The largest absolute Gasteiger partial charge is 0.369 e. The maximum Gasteiger partial charge on any atom is 0.0866 e. The fourth-order valence-electron chi connectivity index (χ4n) is 9.90. The molecule has 7 aliphatic rings. The summed E-state index contributed by atoms with van der Waals surface area (Å²) in [5.41, 5.74) is 3.86. The zero-order valence-electron chi connectivity index (χ0n) is 14.2. The van der Waals surface area contributed by atoms with Crippen molar-refractivity contribution >= 4 is 0 Å². The van der Waals surface area contributed by atoms with Crippen LogP contribution < -0.4 is 0 Å². The normalized spacial score (nSPS) is 62.8. The first-order chi connectivity index (χ1) is 11.9. The molecule has 5 unspecified atom stereocenters. The maximum absolute atomic E-state index is 7.01. The Morgan fingerprint density at radius 2 is 1.46 bits per heavy atom. The Balaban J connectivity index is 1.38. The van der Waals surface area contributed by atoms with E-state index < -0.39 is 0 Å². The number of benzene rings is 1. The number of hydrogen-bond acceptors (Lipinski definition) is 1. The highest BCUT2D eigenvalue weighted by Crippen LogP contribution is 2.83. The van der Waals surface area contributed by atoms with Gasteiger partial charge in [0.25, 0.3) is 0 Å². The van der Waals surface area contributed by atoms with Crippen LogP contribution in [0.25, 0.3) is 0 Å². The Kier molecular flexibility index (Phi) is 1.91. The van der Waals surface area contributed by atoms with Crippen LogP contribution in [0.15, 0.2) is 24.3 Å². The molecule has 6 bridgehead atoms. The maximum atomic E-state index is 7.01. The van der Waals surface area contributed by atoms with Crippen molar-refractivity contribution in [2.75, 3.05) is 0 Å². The fraction of sp³-hybridized carbons (Fsp3) is 0.739. The molecule has 1 aliphatic heterocycles. The van der Waals surface area contributed by atoms with Gasteiger partial charge in [-0.15, -0.1) is 0 Å². The Hall–Kier alpha value is -0.820.